The Morgan fingerprint density at radius 3 is 2.67 bits per heavy atom. The molecule has 0 heterocycles. The number of hydrogen-bond acceptors (Lipinski definition) is 1. The largest absolute Gasteiger partial charge is 0.495 e. The van der Waals surface area contributed by atoms with Crippen molar-refractivity contribution < 1.29 is 9.13 Å². The van der Waals surface area contributed by atoms with Gasteiger partial charge in [-0.15, -0.1) is 11.6 Å². The third-order valence-electron chi connectivity index (χ3n) is 1.43. The zero-order valence-electron chi connectivity index (χ0n) is 6.40. The van der Waals surface area contributed by atoms with Crippen LogP contribution in [0.5, 0.6) is 5.75 Å². The Labute approximate surface area is 80.0 Å². The van der Waals surface area contributed by atoms with Crippen molar-refractivity contribution >= 4 is 23.2 Å². The van der Waals surface area contributed by atoms with Crippen LogP contribution in [0.25, 0.3) is 0 Å². The average Bonchev–Trinajstić information content (AvgIpc) is 2.09. The minimum absolute atomic E-state index is 0.00799. The highest BCUT2D eigenvalue weighted by atomic mass is 35.5. The predicted molar refractivity (Wildman–Crippen MR) is 47.5 cm³/mol. The van der Waals surface area contributed by atoms with Gasteiger partial charge >= 0.3 is 0 Å². The van der Waals surface area contributed by atoms with Crippen molar-refractivity contribution in [2.75, 3.05) is 7.11 Å². The second-order valence-electron chi connectivity index (χ2n) is 2.23. The van der Waals surface area contributed by atoms with Crippen LogP contribution in [0.1, 0.15) is 5.56 Å². The molecule has 0 fully saturated rings. The lowest BCUT2D eigenvalue weighted by Gasteiger charge is -2.05. The maximum atomic E-state index is 12.9. The molecule has 1 rings (SSSR count). The van der Waals surface area contributed by atoms with Crippen LogP contribution in [0.2, 0.25) is 5.02 Å². The maximum absolute atomic E-state index is 12.9. The first kappa shape index (κ1) is 9.62. The molecule has 0 spiro atoms. The summed E-state index contributed by atoms with van der Waals surface area (Å²) in [4.78, 5) is 0. The first-order valence-electron chi connectivity index (χ1n) is 3.27. The molecule has 0 aliphatic carbocycles. The molecule has 1 nitrogen and oxygen atoms in total. The van der Waals surface area contributed by atoms with E-state index in [4.69, 9.17) is 27.9 Å². The molecule has 0 amide bonds. The lowest BCUT2D eigenvalue weighted by molar-refractivity contribution is 0.411. The summed E-state index contributed by atoms with van der Waals surface area (Å²) in [6, 6.07) is 2.90. The van der Waals surface area contributed by atoms with E-state index in [1.807, 2.05) is 0 Å². The molecule has 0 unspecified atom stereocenters. The highest BCUT2D eigenvalue weighted by molar-refractivity contribution is 6.32. The molecular formula is C8H7Cl2FO. The summed E-state index contributed by atoms with van der Waals surface area (Å²) in [5.41, 5.74) is 0.649. The molecule has 1 aromatic rings. The summed E-state index contributed by atoms with van der Waals surface area (Å²) in [7, 11) is 1.43. The van der Waals surface area contributed by atoms with Gasteiger partial charge in [-0.3, -0.25) is 0 Å². The van der Waals surface area contributed by atoms with Gasteiger partial charge in [-0.2, -0.15) is 0 Å². The van der Waals surface area contributed by atoms with E-state index < -0.39 is 5.82 Å². The standard InChI is InChI=1S/C8H7Cl2FO/c1-12-7-3-5(4-9)2-6(11)8(7)10/h2-3H,4H2,1H3. The molecule has 1 aromatic carbocycles. The number of benzene rings is 1. The maximum Gasteiger partial charge on any atom is 0.145 e. The van der Waals surface area contributed by atoms with Gasteiger partial charge in [0, 0.05) is 5.88 Å². The zero-order chi connectivity index (χ0) is 9.14. The molecule has 0 bridgehead atoms. The SMILES string of the molecule is COc1cc(CCl)cc(F)c1Cl. The first-order valence-corrected chi connectivity index (χ1v) is 4.18. The monoisotopic (exact) mass is 208 g/mol. The number of ether oxygens (including phenoxy) is 1. The smallest absolute Gasteiger partial charge is 0.145 e. The molecule has 4 heteroatoms. The van der Waals surface area contributed by atoms with Gasteiger partial charge in [0.25, 0.3) is 0 Å². The number of methoxy groups -OCH3 is 1. The summed E-state index contributed by atoms with van der Waals surface area (Å²) < 4.78 is 17.8. The second kappa shape index (κ2) is 3.97. The topological polar surface area (TPSA) is 9.23 Å². The van der Waals surface area contributed by atoms with Crippen molar-refractivity contribution in [3.8, 4) is 5.75 Å². The van der Waals surface area contributed by atoms with Crippen LogP contribution in [-0.4, -0.2) is 7.11 Å². The van der Waals surface area contributed by atoms with Gasteiger partial charge in [0.1, 0.15) is 16.6 Å². The third kappa shape index (κ3) is 1.82. The fourth-order valence-electron chi connectivity index (χ4n) is 0.843. The van der Waals surface area contributed by atoms with E-state index in [2.05, 4.69) is 0 Å². The predicted octanol–water partition coefficient (Wildman–Crippen LogP) is 3.23. The molecule has 0 aliphatic rings. The van der Waals surface area contributed by atoms with Crippen LogP contribution < -0.4 is 4.74 Å². The van der Waals surface area contributed by atoms with Gasteiger partial charge in [0.05, 0.1) is 7.11 Å². The van der Waals surface area contributed by atoms with E-state index in [1.54, 1.807) is 6.07 Å². The molecule has 0 radical (unpaired) electrons. The Balaban J connectivity index is 3.19. The second-order valence-corrected chi connectivity index (χ2v) is 2.87. The molecule has 0 aliphatic heterocycles. The van der Waals surface area contributed by atoms with Crippen LogP contribution in [0, 0.1) is 5.82 Å². The van der Waals surface area contributed by atoms with E-state index in [0.717, 1.165) is 0 Å². The van der Waals surface area contributed by atoms with Crippen molar-refractivity contribution in [3.63, 3.8) is 0 Å². The Morgan fingerprint density at radius 2 is 2.17 bits per heavy atom. The quantitative estimate of drug-likeness (QED) is 0.679. The minimum atomic E-state index is -0.508. The van der Waals surface area contributed by atoms with E-state index in [-0.39, 0.29) is 10.9 Å². The van der Waals surface area contributed by atoms with Crippen LogP contribution in [-0.2, 0) is 5.88 Å². The zero-order valence-corrected chi connectivity index (χ0v) is 7.92. The lowest BCUT2D eigenvalue weighted by Crippen LogP contribution is -1.90. The summed E-state index contributed by atoms with van der Waals surface area (Å²) in [5, 5.41) is -0.00799. The fraction of sp³-hybridized carbons (Fsp3) is 0.250. The Morgan fingerprint density at radius 1 is 1.50 bits per heavy atom. The summed E-state index contributed by atoms with van der Waals surface area (Å²) in [5.74, 6) is 0.0451. The molecule has 0 N–H and O–H groups in total. The molecule has 66 valence electrons. The normalized spacial score (nSPS) is 10.0. The van der Waals surface area contributed by atoms with Gasteiger partial charge in [-0.25, -0.2) is 4.39 Å². The third-order valence-corrected chi connectivity index (χ3v) is 2.10. The molecule has 0 saturated heterocycles. The molecule has 0 atom stereocenters. The van der Waals surface area contributed by atoms with Crippen LogP contribution in [0.4, 0.5) is 4.39 Å². The van der Waals surface area contributed by atoms with Crippen molar-refractivity contribution in [2.24, 2.45) is 0 Å². The summed E-state index contributed by atoms with van der Waals surface area (Å²) in [6.45, 7) is 0. The van der Waals surface area contributed by atoms with Crippen molar-refractivity contribution in [1.82, 2.24) is 0 Å². The Bertz CT molecular complexity index is 289. The molecule has 12 heavy (non-hydrogen) atoms. The molecule has 0 saturated carbocycles. The van der Waals surface area contributed by atoms with E-state index in [9.17, 15) is 4.39 Å². The van der Waals surface area contributed by atoms with Gasteiger partial charge in [0.15, 0.2) is 0 Å². The Kier molecular flexibility index (Phi) is 3.18. The van der Waals surface area contributed by atoms with Crippen LogP contribution in [0.3, 0.4) is 0 Å². The van der Waals surface area contributed by atoms with Gasteiger partial charge in [-0.05, 0) is 17.7 Å². The van der Waals surface area contributed by atoms with E-state index >= 15 is 0 Å². The van der Waals surface area contributed by atoms with Crippen molar-refractivity contribution in [3.05, 3.63) is 28.5 Å². The summed E-state index contributed by atoms with van der Waals surface area (Å²) >= 11 is 11.1. The fourth-order valence-corrected chi connectivity index (χ4v) is 1.18. The van der Waals surface area contributed by atoms with E-state index in [0.29, 0.717) is 11.3 Å². The minimum Gasteiger partial charge on any atom is -0.495 e. The molecule has 0 aromatic heterocycles. The number of hydrogen-bond donors (Lipinski definition) is 0. The highest BCUT2D eigenvalue weighted by Crippen LogP contribution is 2.28. The van der Waals surface area contributed by atoms with E-state index in [1.165, 1.54) is 13.2 Å². The number of alkyl halides is 1. The van der Waals surface area contributed by atoms with Crippen LogP contribution >= 0.6 is 23.2 Å². The Hall–Kier alpha value is -0.470. The number of halogens is 3. The lowest BCUT2D eigenvalue weighted by atomic mass is 10.2. The van der Waals surface area contributed by atoms with Crippen molar-refractivity contribution in [2.45, 2.75) is 5.88 Å². The van der Waals surface area contributed by atoms with Crippen molar-refractivity contribution in [1.29, 1.82) is 0 Å². The number of rotatable bonds is 2. The highest BCUT2D eigenvalue weighted by Gasteiger charge is 2.08. The summed E-state index contributed by atoms with van der Waals surface area (Å²) in [6.07, 6.45) is 0. The van der Waals surface area contributed by atoms with Gasteiger partial charge in [-0.1, -0.05) is 11.6 Å². The van der Waals surface area contributed by atoms with Gasteiger partial charge < -0.3 is 4.74 Å². The average molecular weight is 209 g/mol. The molecular weight excluding hydrogens is 202 g/mol. The van der Waals surface area contributed by atoms with Crippen LogP contribution in [0.15, 0.2) is 12.1 Å². The van der Waals surface area contributed by atoms with Gasteiger partial charge in [0.2, 0.25) is 0 Å². The first-order chi connectivity index (χ1) is 5.69.